The SMILES string of the molecule is CC(C)Cc1noc(COC(=O)c2ccc(F)c(S(=O)(=O)N3CCCCC3)c2)n1. The summed E-state index contributed by atoms with van der Waals surface area (Å²) >= 11 is 0. The van der Waals surface area contributed by atoms with E-state index in [1.807, 2.05) is 13.8 Å². The molecule has 1 saturated heterocycles. The number of halogens is 1. The first-order chi connectivity index (χ1) is 13.8. The monoisotopic (exact) mass is 425 g/mol. The van der Waals surface area contributed by atoms with E-state index in [0.29, 0.717) is 31.3 Å². The lowest BCUT2D eigenvalue weighted by Gasteiger charge is -2.26. The summed E-state index contributed by atoms with van der Waals surface area (Å²) in [7, 11) is -4.01. The van der Waals surface area contributed by atoms with Crippen LogP contribution in [0.3, 0.4) is 0 Å². The van der Waals surface area contributed by atoms with Gasteiger partial charge in [0, 0.05) is 19.5 Å². The van der Waals surface area contributed by atoms with Crippen molar-refractivity contribution in [1.29, 1.82) is 0 Å². The van der Waals surface area contributed by atoms with Crippen molar-refractivity contribution >= 4 is 16.0 Å². The molecule has 2 aromatic rings. The van der Waals surface area contributed by atoms with Gasteiger partial charge in [-0.3, -0.25) is 0 Å². The molecule has 0 atom stereocenters. The Balaban J connectivity index is 1.71. The minimum Gasteiger partial charge on any atom is -0.452 e. The molecular formula is C19H24FN3O5S. The molecule has 2 heterocycles. The van der Waals surface area contributed by atoms with E-state index in [2.05, 4.69) is 10.1 Å². The maximum atomic E-state index is 14.3. The quantitative estimate of drug-likeness (QED) is 0.628. The molecule has 0 saturated carbocycles. The third-order valence-corrected chi connectivity index (χ3v) is 6.44. The molecule has 0 unspecified atom stereocenters. The van der Waals surface area contributed by atoms with Gasteiger partial charge in [0.2, 0.25) is 10.0 Å². The standard InChI is InChI=1S/C19H24FN3O5S/c1-13(2)10-17-21-18(28-22-17)12-27-19(24)14-6-7-15(20)16(11-14)29(25,26)23-8-4-3-5-9-23/h6-7,11,13H,3-5,8-10,12H2,1-2H3. The molecule has 1 fully saturated rings. The lowest BCUT2D eigenvalue weighted by atomic mass is 10.1. The number of esters is 1. The van der Waals surface area contributed by atoms with E-state index in [1.54, 1.807) is 0 Å². The molecule has 0 bridgehead atoms. The number of hydrogen-bond acceptors (Lipinski definition) is 7. The minimum atomic E-state index is -4.01. The van der Waals surface area contributed by atoms with E-state index in [-0.39, 0.29) is 18.1 Å². The van der Waals surface area contributed by atoms with Gasteiger partial charge in [-0.25, -0.2) is 17.6 Å². The highest BCUT2D eigenvalue weighted by atomic mass is 32.2. The second-order valence-corrected chi connectivity index (χ2v) is 9.29. The third-order valence-electron chi connectivity index (χ3n) is 4.53. The zero-order valence-electron chi connectivity index (χ0n) is 16.4. The number of ether oxygens (including phenoxy) is 1. The number of aromatic nitrogens is 2. The summed E-state index contributed by atoms with van der Waals surface area (Å²) in [6, 6.07) is 3.16. The van der Waals surface area contributed by atoms with E-state index in [1.165, 1.54) is 10.4 Å². The van der Waals surface area contributed by atoms with Crippen LogP contribution in [0.5, 0.6) is 0 Å². The fourth-order valence-electron chi connectivity index (χ4n) is 3.08. The predicted molar refractivity (Wildman–Crippen MR) is 101 cm³/mol. The third kappa shape index (κ3) is 5.18. The van der Waals surface area contributed by atoms with E-state index in [0.717, 1.165) is 31.4 Å². The van der Waals surface area contributed by atoms with Crippen LogP contribution in [0.1, 0.15) is 55.2 Å². The summed E-state index contributed by atoms with van der Waals surface area (Å²) in [6.07, 6.45) is 3.03. The number of carbonyl (C=O) groups is 1. The van der Waals surface area contributed by atoms with Crippen molar-refractivity contribution < 1.29 is 26.9 Å². The number of carbonyl (C=O) groups excluding carboxylic acids is 1. The van der Waals surface area contributed by atoms with Crippen LogP contribution in [0.15, 0.2) is 27.6 Å². The summed E-state index contributed by atoms with van der Waals surface area (Å²) in [5.74, 6) is -0.700. The molecule has 0 amide bonds. The first-order valence-corrected chi connectivity index (χ1v) is 11.0. The predicted octanol–water partition coefficient (Wildman–Crippen LogP) is 2.94. The second kappa shape index (κ2) is 9.00. The van der Waals surface area contributed by atoms with Crippen LogP contribution in [0.2, 0.25) is 0 Å². The van der Waals surface area contributed by atoms with Crippen molar-refractivity contribution in [3.63, 3.8) is 0 Å². The molecule has 1 aromatic carbocycles. The fraction of sp³-hybridized carbons (Fsp3) is 0.526. The summed E-state index contributed by atoms with van der Waals surface area (Å²) in [6.45, 7) is 4.45. The maximum Gasteiger partial charge on any atom is 0.338 e. The zero-order valence-corrected chi connectivity index (χ0v) is 17.2. The topological polar surface area (TPSA) is 103 Å². The molecule has 1 aliphatic heterocycles. The lowest BCUT2D eigenvalue weighted by Crippen LogP contribution is -2.36. The van der Waals surface area contributed by atoms with Gasteiger partial charge in [-0.05, 0) is 37.0 Å². The Hall–Kier alpha value is -2.33. The van der Waals surface area contributed by atoms with Gasteiger partial charge in [-0.1, -0.05) is 25.4 Å². The molecule has 0 aliphatic carbocycles. The highest BCUT2D eigenvalue weighted by Crippen LogP contribution is 2.24. The molecule has 0 radical (unpaired) electrons. The molecule has 0 N–H and O–H groups in total. The maximum absolute atomic E-state index is 14.3. The van der Waals surface area contributed by atoms with Gasteiger partial charge in [-0.15, -0.1) is 0 Å². The van der Waals surface area contributed by atoms with Crippen LogP contribution in [-0.2, 0) is 27.8 Å². The lowest BCUT2D eigenvalue weighted by molar-refractivity contribution is 0.0429. The molecule has 29 heavy (non-hydrogen) atoms. The van der Waals surface area contributed by atoms with Gasteiger partial charge < -0.3 is 9.26 Å². The van der Waals surface area contributed by atoms with Crippen molar-refractivity contribution in [2.75, 3.05) is 13.1 Å². The van der Waals surface area contributed by atoms with Gasteiger partial charge in [0.15, 0.2) is 12.4 Å². The number of hydrogen-bond donors (Lipinski definition) is 0. The average Bonchev–Trinajstić information content (AvgIpc) is 3.13. The van der Waals surface area contributed by atoms with Crippen molar-refractivity contribution in [1.82, 2.24) is 14.4 Å². The van der Waals surface area contributed by atoms with Gasteiger partial charge >= 0.3 is 5.97 Å². The highest BCUT2D eigenvalue weighted by molar-refractivity contribution is 7.89. The summed E-state index contributed by atoms with van der Waals surface area (Å²) in [5.41, 5.74) is -0.0658. The van der Waals surface area contributed by atoms with Gasteiger partial charge in [-0.2, -0.15) is 9.29 Å². The summed E-state index contributed by atoms with van der Waals surface area (Å²) in [5, 5.41) is 3.80. The van der Waals surface area contributed by atoms with Crippen molar-refractivity contribution in [2.24, 2.45) is 5.92 Å². The summed E-state index contributed by atoms with van der Waals surface area (Å²) < 4.78 is 51.2. The number of nitrogens with zero attached hydrogens (tertiary/aromatic N) is 3. The normalized spacial score (nSPS) is 15.6. The minimum absolute atomic E-state index is 0.0658. The molecule has 10 heteroatoms. The first-order valence-electron chi connectivity index (χ1n) is 9.55. The van der Waals surface area contributed by atoms with Crippen LogP contribution in [0.4, 0.5) is 4.39 Å². The smallest absolute Gasteiger partial charge is 0.338 e. The van der Waals surface area contributed by atoms with Crippen LogP contribution >= 0.6 is 0 Å². The number of sulfonamides is 1. The number of benzene rings is 1. The first kappa shape index (κ1) is 21.4. The molecule has 1 aromatic heterocycles. The Bertz CT molecular complexity index is 968. The van der Waals surface area contributed by atoms with Crippen LogP contribution in [0, 0.1) is 11.7 Å². The Morgan fingerprint density at radius 2 is 2.00 bits per heavy atom. The van der Waals surface area contributed by atoms with E-state index in [4.69, 9.17) is 9.26 Å². The fourth-order valence-corrected chi connectivity index (χ4v) is 4.69. The second-order valence-electron chi connectivity index (χ2n) is 7.39. The summed E-state index contributed by atoms with van der Waals surface area (Å²) in [4.78, 5) is 15.9. The number of rotatable bonds is 7. The van der Waals surface area contributed by atoms with Crippen LogP contribution < -0.4 is 0 Å². The van der Waals surface area contributed by atoms with Gasteiger partial charge in [0.05, 0.1) is 5.56 Å². The molecule has 1 aliphatic rings. The van der Waals surface area contributed by atoms with E-state index < -0.39 is 26.7 Å². The molecule has 158 valence electrons. The van der Waals surface area contributed by atoms with E-state index in [9.17, 15) is 17.6 Å². The van der Waals surface area contributed by atoms with Crippen molar-refractivity contribution in [3.05, 3.63) is 41.3 Å². The van der Waals surface area contributed by atoms with Crippen LogP contribution in [0.25, 0.3) is 0 Å². The Labute approximate surface area is 169 Å². The Kier molecular flexibility index (Phi) is 6.63. The zero-order chi connectivity index (χ0) is 21.0. The van der Waals surface area contributed by atoms with Crippen LogP contribution in [-0.4, -0.2) is 41.9 Å². The van der Waals surface area contributed by atoms with Gasteiger partial charge in [0.25, 0.3) is 5.89 Å². The Morgan fingerprint density at radius 3 is 2.69 bits per heavy atom. The molecule has 0 spiro atoms. The molecule has 8 nitrogen and oxygen atoms in total. The largest absolute Gasteiger partial charge is 0.452 e. The van der Waals surface area contributed by atoms with Crippen molar-refractivity contribution in [2.45, 2.75) is 51.0 Å². The Morgan fingerprint density at radius 1 is 1.28 bits per heavy atom. The van der Waals surface area contributed by atoms with E-state index >= 15 is 0 Å². The highest BCUT2D eigenvalue weighted by Gasteiger charge is 2.29. The molecule has 3 rings (SSSR count). The number of piperidine rings is 1. The average molecular weight is 425 g/mol. The molecular weight excluding hydrogens is 401 g/mol. The van der Waals surface area contributed by atoms with Crippen molar-refractivity contribution in [3.8, 4) is 0 Å². The van der Waals surface area contributed by atoms with Gasteiger partial charge in [0.1, 0.15) is 10.7 Å².